The number of carbonyl (C=O) groups is 1. The van der Waals surface area contributed by atoms with Crippen LogP contribution in [-0.4, -0.2) is 66.1 Å². The number of hydrogen-bond donors (Lipinski definition) is 1. The van der Waals surface area contributed by atoms with Gasteiger partial charge in [0.05, 0.1) is 22.4 Å². The van der Waals surface area contributed by atoms with Crippen LogP contribution in [0.5, 0.6) is 0 Å². The molecule has 23 heavy (non-hydrogen) atoms. The van der Waals surface area contributed by atoms with Crippen molar-refractivity contribution in [3.8, 4) is 0 Å². The number of aliphatic carboxylic acids is 1. The fourth-order valence-corrected chi connectivity index (χ4v) is 5.26. The third-order valence-electron chi connectivity index (χ3n) is 4.83. The van der Waals surface area contributed by atoms with E-state index in [0.717, 1.165) is 23.4 Å². The van der Waals surface area contributed by atoms with E-state index in [1.165, 1.54) is 4.31 Å². The molecule has 0 spiro atoms. The van der Waals surface area contributed by atoms with Crippen LogP contribution < -0.4 is 0 Å². The summed E-state index contributed by atoms with van der Waals surface area (Å²) in [6.07, 6.45) is 2.04. The van der Waals surface area contributed by atoms with Crippen LogP contribution in [0.15, 0.2) is 5.38 Å². The minimum absolute atomic E-state index is 0.0691. The highest BCUT2D eigenvalue weighted by Crippen LogP contribution is 2.44. The van der Waals surface area contributed by atoms with Gasteiger partial charge in [0.2, 0.25) is 10.0 Å². The molecule has 3 heterocycles. The van der Waals surface area contributed by atoms with Gasteiger partial charge in [0.15, 0.2) is 0 Å². The molecule has 1 aromatic rings. The quantitative estimate of drug-likeness (QED) is 0.822. The number of nitrogens with zero attached hydrogens (tertiary/aromatic N) is 3. The Morgan fingerprint density at radius 1 is 1.48 bits per heavy atom. The van der Waals surface area contributed by atoms with E-state index in [-0.39, 0.29) is 12.5 Å². The molecule has 0 radical (unpaired) electrons. The van der Waals surface area contributed by atoms with Crippen molar-refractivity contribution in [2.45, 2.75) is 19.9 Å². The van der Waals surface area contributed by atoms with Crippen LogP contribution in [0.2, 0.25) is 0 Å². The Kier molecular flexibility index (Phi) is 4.24. The third kappa shape index (κ3) is 3.02. The van der Waals surface area contributed by atoms with Gasteiger partial charge >= 0.3 is 5.97 Å². The molecule has 2 saturated heterocycles. The lowest BCUT2D eigenvalue weighted by Crippen LogP contribution is -2.41. The van der Waals surface area contributed by atoms with Gasteiger partial charge in [0.1, 0.15) is 0 Å². The van der Waals surface area contributed by atoms with E-state index in [0.29, 0.717) is 26.2 Å². The fourth-order valence-electron chi connectivity index (χ4n) is 3.61. The highest BCUT2D eigenvalue weighted by Gasteiger charge is 2.59. The third-order valence-corrected chi connectivity index (χ3v) is 7.09. The maximum Gasteiger partial charge on any atom is 0.312 e. The Labute approximate surface area is 140 Å². The second-order valence-electron chi connectivity index (χ2n) is 6.47. The molecule has 1 aromatic heterocycles. The SMILES string of the molecule is CCc1nc(CN2C[C@H]3CN(S(C)(=O)=O)C[C@@]3(C(=O)O)C2)cs1. The monoisotopic (exact) mass is 359 g/mol. The molecule has 1 N–H and O–H groups in total. The van der Waals surface area contributed by atoms with Crippen molar-refractivity contribution in [1.82, 2.24) is 14.2 Å². The second-order valence-corrected chi connectivity index (χ2v) is 9.39. The largest absolute Gasteiger partial charge is 0.481 e. The Morgan fingerprint density at radius 2 is 2.22 bits per heavy atom. The van der Waals surface area contributed by atoms with E-state index in [4.69, 9.17) is 0 Å². The molecule has 0 amide bonds. The van der Waals surface area contributed by atoms with E-state index in [1.807, 2.05) is 5.38 Å². The molecular weight excluding hydrogens is 338 g/mol. The van der Waals surface area contributed by atoms with Crippen LogP contribution in [0.4, 0.5) is 0 Å². The molecular formula is C14H21N3O4S2. The Balaban J connectivity index is 1.75. The van der Waals surface area contributed by atoms with E-state index < -0.39 is 21.4 Å². The summed E-state index contributed by atoms with van der Waals surface area (Å²) < 4.78 is 24.8. The number of carboxylic acid groups (broad SMARTS) is 1. The first-order valence-corrected chi connectivity index (χ1v) is 10.3. The van der Waals surface area contributed by atoms with Crippen molar-refractivity contribution in [3.05, 3.63) is 16.1 Å². The summed E-state index contributed by atoms with van der Waals surface area (Å²) in [5.74, 6) is -1.07. The molecule has 0 aliphatic carbocycles. The summed E-state index contributed by atoms with van der Waals surface area (Å²) in [5.41, 5.74) is -0.0282. The average molecular weight is 359 g/mol. The van der Waals surface area contributed by atoms with Crippen molar-refractivity contribution in [2.24, 2.45) is 11.3 Å². The van der Waals surface area contributed by atoms with Crippen LogP contribution in [0.3, 0.4) is 0 Å². The van der Waals surface area contributed by atoms with Gasteiger partial charge in [-0.1, -0.05) is 6.92 Å². The van der Waals surface area contributed by atoms with Crippen LogP contribution in [-0.2, 0) is 27.8 Å². The Bertz CT molecular complexity index is 717. The molecule has 0 bridgehead atoms. The smallest absolute Gasteiger partial charge is 0.312 e. The zero-order valence-electron chi connectivity index (χ0n) is 13.2. The number of rotatable bonds is 5. The molecule has 9 heteroatoms. The van der Waals surface area contributed by atoms with Gasteiger partial charge in [-0.15, -0.1) is 11.3 Å². The highest BCUT2D eigenvalue weighted by atomic mass is 32.2. The lowest BCUT2D eigenvalue weighted by atomic mass is 9.81. The molecule has 7 nitrogen and oxygen atoms in total. The molecule has 3 rings (SSSR count). The molecule has 0 saturated carbocycles. The average Bonchev–Trinajstić information content (AvgIpc) is 3.10. The van der Waals surface area contributed by atoms with Gasteiger partial charge in [-0.2, -0.15) is 0 Å². The zero-order valence-corrected chi connectivity index (χ0v) is 14.9. The lowest BCUT2D eigenvalue weighted by molar-refractivity contribution is -0.148. The van der Waals surface area contributed by atoms with Crippen molar-refractivity contribution in [1.29, 1.82) is 0 Å². The summed E-state index contributed by atoms with van der Waals surface area (Å²) >= 11 is 1.62. The second kappa shape index (κ2) is 5.80. The van der Waals surface area contributed by atoms with Crippen LogP contribution in [0.25, 0.3) is 0 Å². The first-order chi connectivity index (χ1) is 10.7. The maximum absolute atomic E-state index is 11.9. The predicted octanol–water partition coefficient (Wildman–Crippen LogP) is 0.484. The van der Waals surface area contributed by atoms with E-state index in [9.17, 15) is 18.3 Å². The van der Waals surface area contributed by atoms with Gasteiger partial charge in [0, 0.05) is 44.0 Å². The molecule has 2 fully saturated rings. The number of thiazole rings is 1. The Morgan fingerprint density at radius 3 is 2.74 bits per heavy atom. The van der Waals surface area contributed by atoms with Crippen molar-refractivity contribution >= 4 is 27.3 Å². The van der Waals surface area contributed by atoms with Gasteiger partial charge in [0.25, 0.3) is 0 Å². The normalized spacial score (nSPS) is 29.0. The van der Waals surface area contributed by atoms with E-state index >= 15 is 0 Å². The summed E-state index contributed by atoms with van der Waals surface area (Å²) in [7, 11) is -3.35. The molecule has 128 valence electrons. The fraction of sp³-hybridized carbons (Fsp3) is 0.714. The van der Waals surface area contributed by atoms with Crippen LogP contribution in [0.1, 0.15) is 17.6 Å². The van der Waals surface area contributed by atoms with Gasteiger partial charge < -0.3 is 5.11 Å². The molecule has 0 unspecified atom stereocenters. The number of fused-ring (bicyclic) bond motifs is 1. The number of aryl methyl sites for hydroxylation is 1. The van der Waals surface area contributed by atoms with E-state index in [1.54, 1.807) is 11.3 Å². The van der Waals surface area contributed by atoms with E-state index in [2.05, 4.69) is 16.8 Å². The van der Waals surface area contributed by atoms with Crippen LogP contribution >= 0.6 is 11.3 Å². The van der Waals surface area contributed by atoms with Crippen molar-refractivity contribution in [3.63, 3.8) is 0 Å². The number of sulfonamides is 1. The van der Waals surface area contributed by atoms with Crippen molar-refractivity contribution < 1.29 is 18.3 Å². The molecule has 2 atom stereocenters. The molecule has 2 aliphatic rings. The number of likely N-dealkylation sites (tertiary alicyclic amines) is 1. The van der Waals surface area contributed by atoms with Gasteiger partial charge in [-0.3, -0.25) is 9.69 Å². The Hall–Kier alpha value is -1.03. The minimum Gasteiger partial charge on any atom is -0.481 e. The summed E-state index contributed by atoms with van der Waals surface area (Å²) in [5, 5.41) is 12.8. The maximum atomic E-state index is 11.9. The predicted molar refractivity (Wildman–Crippen MR) is 86.7 cm³/mol. The first kappa shape index (κ1) is 16.8. The zero-order chi connectivity index (χ0) is 16.8. The summed E-state index contributed by atoms with van der Waals surface area (Å²) in [4.78, 5) is 18.5. The lowest BCUT2D eigenvalue weighted by Gasteiger charge is -2.24. The standard InChI is InChI=1S/C14H21N3O4S2/c1-3-12-15-11(7-22-12)6-16-4-10-5-17(23(2,20)21)9-14(10,8-16)13(18)19/h7,10H,3-6,8-9H2,1-2H3,(H,18,19)/t10-,14-/m0/s1. The number of carboxylic acids is 1. The van der Waals surface area contributed by atoms with Gasteiger partial charge in [-0.05, 0) is 6.42 Å². The summed E-state index contributed by atoms with van der Waals surface area (Å²) in [6, 6.07) is 0. The molecule has 2 aliphatic heterocycles. The van der Waals surface area contributed by atoms with Crippen molar-refractivity contribution in [2.75, 3.05) is 32.4 Å². The first-order valence-electron chi connectivity index (χ1n) is 7.59. The summed E-state index contributed by atoms with van der Waals surface area (Å²) in [6.45, 7) is 4.01. The minimum atomic E-state index is -3.35. The van der Waals surface area contributed by atoms with Gasteiger partial charge in [-0.25, -0.2) is 17.7 Å². The number of hydrogen-bond acceptors (Lipinski definition) is 6. The van der Waals surface area contributed by atoms with Crippen LogP contribution in [0, 0.1) is 11.3 Å². The highest BCUT2D eigenvalue weighted by molar-refractivity contribution is 7.88. The molecule has 0 aromatic carbocycles. The topological polar surface area (TPSA) is 90.8 Å². The number of aromatic nitrogens is 1.